The van der Waals surface area contributed by atoms with E-state index in [9.17, 15) is 4.79 Å². The molecule has 110 valence electrons. The van der Waals surface area contributed by atoms with Crippen LogP contribution < -0.4 is 0 Å². The molecule has 3 rings (SSSR count). The minimum absolute atomic E-state index is 0.0795. The van der Waals surface area contributed by atoms with E-state index in [2.05, 4.69) is 6.58 Å². The van der Waals surface area contributed by atoms with Gasteiger partial charge in [0.05, 0.1) is 6.42 Å². The van der Waals surface area contributed by atoms with Crippen LogP contribution in [0.25, 0.3) is 5.76 Å². The Balaban J connectivity index is 2.04. The molecule has 2 aromatic rings. The maximum Gasteiger partial charge on any atom is 0.163 e. The molecule has 0 fully saturated rings. The molecule has 1 unspecified atom stereocenters. The van der Waals surface area contributed by atoms with Gasteiger partial charge in [-0.15, -0.1) is 6.58 Å². The molecule has 0 saturated heterocycles. The quantitative estimate of drug-likeness (QED) is 0.776. The van der Waals surface area contributed by atoms with Crippen LogP contribution in [0.5, 0.6) is 0 Å². The lowest BCUT2D eigenvalue weighted by Gasteiger charge is -2.37. The van der Waals surface area contributed by atoms with E-state index < -0.39 is 5.60 Å². The van der Waals surface area contributed by atoms with Crippen molar-refractivity contribution in [1.29, 1.82) is 0 Å². The van der Waals surface area contributed by atoms with Gasteiger partial charge >= 0.3 is 0 Å². The Bertz CT molecular complexity index is 701. The van der Waals surface area contributed by atoms with E-state index in [1.165, 1.54) is 0 Å². The fraction of sp³-hybridized carbons (Fsp3) is 0.150. The third-order valence-electron chi connectivity index (χ3n) is 3.89. The first kappa shape index (κ1) is 14.3. The summed E-state index contributed by atoms with van der Waals surface area (Å²) >= 11 is 0. The average Bonchev–Trinajstić information content (AvgIpc) is 2.56. The number of allylic oxidation sites excluding steroid dienone is 1. The van der Waals surface area contributed by atoms with Gasteiger partial charge in [-0.05, 0) is 5.56 Å². The van der Waals surface area contributed by atoms with E-state index in [0.717, 1.165) is 11.1 Å². The van der Waals surface area contributed by atoms with E-state index in [1.54, 1.807) is 6.08 Å². The van der Waals surface area contributed by atoms with Crippen LogP contribution >= 0.6 is 0 Å². The van der Waals surface area contributed by atoms with Crippen molar-refractivity contribution in [2.24, 2.45) is 0 Å². The third kappa shape index (κ3) is 2.73. The molecule has 2 aromatic carbocycles. The predicted octanol–water partition coefficient (Wildman–Crippen LogP) is 4.49. The number of hydrogen-bond donors (Lipinski definition) is 0. The number of rotatable bonds is 4. The molecule has 2 nitrogen and oxygen atoms in total. The van der Waals surface area contributed by atoms with Crippen LogP contribution in [-0.2, 0) is 15.1 Å². The molecule has 2 heteroatoms. The first-order valence-electron chi connectivity index (χ1n) is 7.39. The highest BCUT2D eigenvalue weighted by Gasteiger charge is 2.39. The summed E-state index contributed by atoms with van der Waals surface area (Å²) in [7, 11) is 0. The Kier molecular flexibility index (Phi) is 3.92. The zero-order valence-electron chi connectivity index (χ0n) is 12.4. The smallest absolute Gasteiger partial charge is 0.163 e. The standard InChI is InChI=1S/C20H18O2/c1-2-13-20(17-11-7-4-8-12-17)15-18(21)14-19(22-20)16-9-5-3-6-10-16/h2-12,14H,1,13,15H2. The first-order valence-corrected chi connectivity index (χ1v) is 7.39. The molecule has 1 heterocycles. The summed E-state index contributed by atoms with van der Waals surface area (Å²) in [6.07, 6.45) is 4.33. The number of hydrogen-bond acceptors (Lipinski definition) is 2. The highest BCUT2D eigenvalue weighted by Crippen LogP contribution is 2.41. The topological polar surface area (TPSA) is 26.3 Å². The van der Waals surface area contributed by atoms with Crippen molar-refractivity contribution in [3.05, 3.63) is 90.5 Å². The lowest BCUT2D eigenvalue weighted by Crippen LogP contribution is -2.34. The summed E-state index contributed by atoms with van der Waals surface area (Å²) in [5.41, 5.74) is 1.25. The number of carbonyl (C=O) groups excluding carboxylic acids is 1. The van der Waals surface area contributed by atoms with Crippen molar-refractivity contribution in [2.75, 3.05) is 0 Å². The monoisotopic (exact) mass is 290 g/mol. The van der Waals surface area contributed by atoms with Crippen LogP contribution in [0.2, 0.25) is 0 Å². The van der Waals surface area contributed by atoms with E-state index in [0.29, 0.717) is 18.6 Å². The maximum absolute atomic E-state index is 12.3. The lowest BCUT2D eigenvalue weighted by atomic mass is 9.83. The molecule has 1 aliphatic heterocycles. The van der Waals surface area contributed by atoms with Crippen LogP contribution in [-0.4, -0.2) is 5.78 Å². The number of ketones is 1. The van der Waals surface area contributed by atoms with Crippen molar-refractivity contribution < 1.29 is 9.53 Å². The fourth-order valence-corrected chi connectivity index (χ4v) is 2.87. The molecule has 0 radical (unpaired) electrons. The van der Waals surface area contributed by atoms with Crippen LogP contribution in [0.3, 0.4) is 0 Å². The Morgan fingerprint density at radius 2 is 1.68 bits per heavy atom. The van der Waals surface area contributed by atoms with Gasteiger partial charge in [0.2, 0.25) is 0 Å². The molecule has 22 heavy (non-hydrogen) atoms. The molecule has 0 N–H and O–H groups in total. The first-order chi connectivity index (χ1) is 10.7. The van der Waals surface area contributed by atoms with Gasteiger partial charge in [-0.25, -0.2) is 0 Å². The molecular formula is C20H18O2. The van der Waals surface area contributed by atoms with E-state index >= 15 is 0 Å². The fourth-order valence-electron chi connectivity index (χ4n) is 2.87. The van der Waals surface area contributed by atoms with Crippen molar-refractivity contribution in [1.82, 2.24) is 0 Å². The predicted molar refractivity (Wildman–Crippen MR) is 88.1 cm³/mol. The Morgan fingerprint density at radius 1 is 1.05 bits per heavy atom. The molecule has 1 atom stereocenters. The lowest BCUT2D eigenvalue weighted by molar-refractivity contribution is -0.121. The van der Waals surface area contributed by atoms with Gasteiger partial charge in [0.25, 0.3) is 0 Å². The second-order valence-corrected chi connectivity index (χ2v) is 5.47. The minimum Gasteiger partial charge on any atom is -0.481 e. The molecular weight excluding hydrogens is 272 g/mol. The van der Waals surface area contributed by atoms with E-state index in [1.807, 2.05) is 66.7 Å². The third-order valence-corrected chi connectivity index (χ3v) is 3.89. The zero-order valence-corrected chi connectivity index (χ0v) is 12.4. The second-order valence-electron chi connectivity index (χ2n) is 5.47. The van der Waals surface area contributed by atoms with Crippen molar-refractivity contribution in [2.45, 2.75) is 18.4 Å². The summed E-state index contributed by atoms with van der Waals surface area (Å²) < 4.78 is 6.33. The van der Waals surface area contributed by atoms with Gasteiger partial charge in [-0.1, -0.05) is 66.7 Å². The summed E-state index contributed by atoms with van der Waals surface area (Å²) in [5, 5.41) is 0. The Morgan fingerprint density at radius 3 is 2.32 bits per heavy atom. The second kappa shape index (κ2) is 6.02. The van der Waals surface area contributed by atoms with E-state index in [-0.39, 0.29) is 5.78 Å². The van der Waals surface area contributed by atoms with Crippen molar-refractivity contribution in [3.63, 3.8) is 0 Å². The summed E-state index contributed by atoms with van der Waals surface area (Å²) in [6, 6.07) is 19.6. The molecule has 0 saturated carbocycles. The van der Waals surface area contributed by atoms with Gasteiger partial charge < -0.3 is 4.74 Å². The van der Waals surface area contributed by atoms with Gasteiger partial charge in [-0.3, -0.25) is 4.79 Å². The van der Waals surface area contributed by atoms with Crippen molar-refractivity contribution in [3.8, 4) is 0 Å². The average molecular weight is 290 g/mol. The van der Waals surface area contributed by atoms with Crippen LogP contribution in [0.15, 0.2) is 79.4 Å². The zero-order chi connectivity index (χ0) is 15.4. The highest BCUT2D eigenvalue weighted by atomic mass is 16.5. The summed E-state index contributed by atoms with van der Waals surface area (Å²) in [4.78, 5) is 12.3. The molecule has 0 aliphatic carbocycles. The summed E-state index contributed by atoms with van der Waals surface area (Å²) in [6.45, 7) is 3.84. The Hall–Kier alpha value is -2.61. The minimum atomic E-state index is -0.667. The Labute approximate surface area is 130 Å². The van der Waals surface area contributed by atoms with Gasteiger partial charge in [0.1, 0.15) is 11.4 Å². The van der Waals surface area contributed by atoms with Gasteiger partial charge in [0.15, 0.2) is 5.78 Å². The number of benzene rings is 2. The number of carbonyl (C=O) groups is 1. The highest BCUT2D eigenvalue weighted by molar-refractivity contribution is 5.97. The molecule has 1 aliphatic rings. The number of ether oxygens (including phenoxy) is 1. The van der Waals surface area contributed by atoms with Crippen molar-refractivity contribution >= 4 is 11.5 Å². The molecule has 0 amide bonds. The SMILES string of the molecule is C=CCC1(c2ccccc2)CC(=O)C=C(c2ccccc2)O1. The maximum atomic E-state index is 12.3. The molecule has 0 spiro atoms. The van der Waals surface area contributed by atoms with Crippen LogP contribution in [0, 0.1) is 0 Å². The molecule has 0 aromatic heterocycles. The van der Waals surface area contributed by atoms with Crippen LogP contribution in [0.4, 0.5) is 0 Å². The normalized spacial score (nSPS) is 20.9. The molecule has 0 bridgehead atoms. The van der Waals surface area contributed by atoms with Gasteiger partial charge in [-0.2, -0.15) is 0 Å². The van der Waals surface area contributed by atoms with Crippen LogP contribution in [0.1, 0.15) is 24.0 Å². The van der Waals surface area contributed by atoms with Gasteiger partial charge in [0, 0.05) is 18.1 Å². The largest absolute Gasteiger partial charge is 0.481 e. The van der Waals surface area contributed by atoms with E-state index in [4.69, 9.17) is 4.74 Å². The summed E-state index contributed by atoms with van der Waals surface area (Å²) in [5.74, 6) is 0.707.